The van der Waals surface area contributed by atoms with Crippen molar-refractivity contribution in [3.8, 4) is 0 Å². The van der Waals surface area contributed by atoms with Crippen LogP contribution in [-0.4, -0.2) is 95.7 Å². The zero-order chi connectivity index (χ0) is 45.7. The number of nitrogens with zero attached hydrogens (tertiary/aromatic N) is 6. The monoisotopic (exact) mass is 901 g/mol. The molecule has 0 radical (unpaired) electrons. The number of fused-ring (bicyclic) bond motifs is 6. The number of alkyl halides is 9. The van der Waals surface area contributed by atoms with Crippen LogP contribution in [0.25, 0.3) is 0 Å². The summed E-state index contributed by atoms with van der Waals surface area (Å²) in [5.41, 5.74) is 4.40. The van der Waals surface area contributed by atoms with Gasteiger partial charge in [0, 0.05) is 37.1 Å². The SMILES string of the molecule is O=C(CC1CCN(c2ncc(F)cn2)CC1)Nc1ccc2cc1CCc1cncc(c1)Nc1ncc(Cl)c(n1)N2.O=C(O)C(F)(F)F.O=C(O)C(F)(F)F.O=C(O)C(F)(F)F. The number of nitrogens with one attached hydrogen (secondary N) is 3. The number of carbonyl (C=O) groups excluding carboxylic acids is 1. The summed E-state index contributed by atoms with van der Waals surface area (Å²) in [4.78, 5) is 63.1. The summed E-state index contributed by atoms with van der Waals surface area (Å²) in [6.45, 7) is 1.45. The van der Waals surface area contributed by atoms with E-state index in [0.717, 1.165) is 60.5 Å². The van der Waals surface area contributed by atoms with E-state index in [9.17, 15) is 48.7 Å². The van der Waals surface area contributed by atoms with Crippen molar-refractivity contribution in [3.63, 3.8) is 0 Å². The fraction of sp³-hybridized carbons (Fsp3) is 0.324. The van der Waals surface area contributed by atoms with Gasteiger partial charge in [-0.15, -0.1) is 0 Å². The first-order chi connectivity index (χ1) is 28.3. The van der Waals surface area contributed by atoms with Gasteiger partial charge < -0.3 is 36.2 Å². The highest BCUT2D eigenvalue weighted by molar-refractivity contribution is 6.32. The third kappa shape index (κ3) is 16.5. The molecule has 1 fully saturated rings. The van der Waals surface area contributed by atoms with Crippen LogP contribution in [0.1, 0.15) is 30.4 Å². The Kier molecular flexibility index (Phi) is 16.9. The van der Waals surface area contributed by atoms with Crippen molar-refractivity contribution in [2.45, 2.75) is 50.6 Å². The molecule has 0 atom stereocenters. The van der Waals surface area contributed by atoms with Crippen LogP contribution in [0.3, 0.4) is 0 Å². The molecular weight excluding hydrogens is 872 g/mol. The van der Waals surface area contributed by atoms with Crippen LogP contribution in [0.4, 0.5) is 78.7 Å². The second kappa shape index (κ2) is 21.1. The molecule has 3 aromatic heterocycles. The molecule has 6 rings (SSSR count). The fourth-order valence-corrected chi connectivity index (χ4v) is 5.16. The number of pyridine rings is 1. The first kappa shape index (κ1) is 48.8. The van der Waals surface area contributed by atoms with E-state index in [1.165, 1.54) is 12.4 Å². The predicted octanol–water partition coefficient (Wildman–Crippen LogP) is 7.19. The van der Waals surface area contributed by atoms with E-state index in [-0.39, 0.29) is 11.8 Å². The summed E-state index contributed by atoms with van der Waals surface area (Å²) in [6.07, 6.45) is -4.26. The number of amides is 1. The van der Waals surface area contributed by atoms with Crippen LogP contribution in [0.5, 0.6) is 0 Å². The standard InChI is InChI=1S/C28H27ClFN9O.3C2HF3O2/c29-23-16-32-27-36-22-9-18(12-31-15-22)1-2-19-11-21(35-26(23)38-27)3-4-24(19)37-25(40)10-17-5-7-39(8-6-17)28-33-13-20(30)14-34-28;3*3-2(4,5)1(6)7/h3-4,9,11-17H,1-2,5-8,10H2,(H,37,40)(H2,32,35,36,38);3*(H,6,7). The van der Waals surface area contributed by atoms with Gasteiger partial charge in [0.25, 0.3) is 0 Å². The summed E-state index contributed by atoms with van der Waals surface area (Å²) in [7, 11) is 0. The number of rotatable bonds is 4. The highest BCUT2D eigenvalue weighted by atomic mass is 35.5. The first-order valence-corrected chi connectivity index (χ1v) is 17.3. The number of carboxylic acids is 3. The molecule has 27 heteroatoms. The molecule has 61 heavy (non-hydrogen) atoms. The number of piperidine rings is 1. The molecular formula is C34H30ClF10N9O7. The summed E-state index contributed by atoms with van der Waals surface area (Å²) in [5, 5.41) is 31.4. The summed E-state index contributed by atoms with van der Waals surface area (Å²) < 4.78 is 108. The van der Waals surface area contributed by atoms with E-state index >= 15 is 0 Å². The molecule has 0 aliphatic carbocycles. The first-order valence-electron chi connectivity index (χ1n) is 16.9. The molecule has 6 N–H and O–H groups in total. The molecule has 1 saturated heterocycles. The molecule has 6 bridgehead atoms. The highest BCUT2D eigenvalue weighted by Gasteiger charge is 2.39. The number of aromatic nitrogens is 5. The van der Waals surface area contributed by atoms with Gasteiger partial charge in [0.05, 0.1) is 30.5 Å². The average molecular weight is 902 g/mol. The molecule has 4 aromatic rings. The van der Waals surface area contributed by atoms with Crippen molar-refractivity contribution in [2.75, 3.05) is 33.9 Å². The van der Waals surface area contributed by atoms with E-state index in [0.29, 0.717) is 35.6 Å². The molecule has 2 aliphatic rings. The van der Waals surface area contributed by atoms with Gasteiger partial charge in [-0.3, -0.25) is 9.78 Å². The van der Waals surface area contributed by atoms with Crippen LogP contribution in [0.2, 0.25) is 5.02 Å². The van der Waals surface area contributed by atoms with Crippen molar-refractivity contribution >= 4 is 70.2 Å². The van der Waals surface area contributed by atoms with Crippen LogP contribution < -0.4 is 20.9 Å². The van der Waals surface area contributed by atoms with Crippen molar-refractivity contribution in [1.82, 2.24) is 24.9 Å². The van der Waals surface area contributed by atoms with Gasteiger partial charge >= 0.3 is 36.4 Å². The lowest BCUT2D eigenvalue weighted by Crippen LogP contribution is -2.36. The van der Waals surface area contributed by atoms with Crippen molar-refractivity contribution in [1.29, 1.82) is 0 Å². The Hall–Kier alpha value is -6.60. The lowest BCUT2D eigenvalue weighted by atomic mass is 9.93. The zero-order valence-corrected chi connectivity index (χ0v) is 31.3. The molecule has 16 nitrogen and oxygen atoms in total. The highest BCUT2D eigenvalue weighted by Crippen LogP contribution is 2.30. The number of hydrogen-bond acceptors (Lipinski definition) is 12. The maximum absolute atomic E-state index is 13.1. The molecule has 1 amide bonds. The van der Waals surface area contributed by atoms with Crippen LogP contribution >= 0.6 is 11.6 Å². The summed E-state index contributed by atoms with van der Waals surface area (Å²) in [6, 6.07) is 7.83. The van der Waals surface area contributed by atoms with E-state index in [1.54, 1.807) is 12.4 Å². The Balaban J connectivity index is 0.000000390. The second-order valence-electron chi connectivity index (χ2n) is 12.4. The summed E-state index contributed by atoms with van der Waals surface area (Å²) in [5.74, 6) is -7.09. The smallest absolute Gasteiger partial charge is 0.475 e. The van der Waals surface area contributed by atoms with E-state index in [4.69, 9.17) is 41.3 Å². The second-order valence-corrected chi connectivity index (χ2v) is 12.8. The van der Waals surface area contributed by atoms with Crippen molar-refractivity contribution in [3.05, 3.63) is 77.2 Å². The van der Waals surface area contributed by atoms with Crippen LogP contribution in [-0.2, 0) is 32.0 Å². The topological polar surface area (TPSA) is 233 Å². The molecule has 0 saturated carbocycles. The Morgan fingerprint density at radius 1 is 0.754 bits per heavy atom. The van der Waals surface area contributed by atoms with Gasteiger partial charge in [-0.1, -0.05) is 11.6 Å². The van der Waals surface area contributed by atoms with Crippen LogP contribution in [0, 0.1) is 11.7 Å². The normalized spacial score (nSPS) is 13.8. The predicted molar refractivity (Wildman–Crippen MR) is 193 cm³/mol. The number of benzene rings is 1. The maximum atomic E-state index is 13.1. The average Bonchev–Trinajstić information content (AvgIpc) is 3.17. The molecule has 2 aliphatic heterocycles. The van der Waals surface area contributed by atoms with Crippen LogP contribution in [0.15, 0.2) is 55.2 Å². The van der Waals surface area contributed by atoms with E-state index in [1.807, 2.05) is 35.4 Å². The quantitative estimate of drug-likeness (QED) is 0.111. The van der Waals surface area contributed by atoms with Crippen molar-refractivity contribution < 1.29 is 78.4 Å². The molecule has 0 unspecified atom stereocenters. The maximum Gasteiger partial charge on any atom is 0.490 e. The Morgan fingerprint density at radius 2 is 1.31 bits per heavy atom. The van der Waals surface area contributed by atoms with Gasteiger partial charge in [0.2, 0.25) is 17.8 Å². The zero-order valence-electron chi connectivity index (χ0n) is 30.5. The van der Waals surface area contributed by atoms with Gasteiger partial charge in [-0.2, -0.15) is 44.5 Å². The Labute approximate surface area is 341 Å². The van der Waals surface area contributed by atoms with Gasteiger partial charge in [-0.25, -0.2) is 33.7 Å². The number of halogens is 11. The summed E-state index contributed by atoms with van der Waals surface area (Å²) >= 11 is 6.37. The minimum atomic E-state index is -5.08. The van der Waals surface area contributed by atoms with Gasteiger partial charge in [0.1, 0.15) is 5.02 Å². The Morgan fingerprint density at radius 3 is 1.85 bits per heavy atom. The van der Waals surface area contributed by atoms with Gasteiger partial charge in [0.15, 0.2) is 11.6 Å². The number of aliphatic carboxylic acids is 3. The largest absolute Gasteiger partial charge is 0.490 e. The van der Waals surface area contributed by atoms with E-state index < -0.39 is 42.3 Å². The molecule has 5 heterocycles. The molecule has 0 spiro atoms. The van der Waals surface area contributed by atoms with Crippen molar-refractivity contribution in [2.24, 2.45) is 5.92 Å². The third-order valence-corrected chi connectivity index (χ3v) is 8.10. The van der Waals surface area contributed by atoms with E-state index in [2.05, 4.69) is 40.9 Å². The van der Waals surface area contributed by atoms with Gasteiger partial charge in [-0.05, 0) is 67.0 Å². The number of anilines is 6. The minimum absolute atomic E-state index is 0.0206. The number of carbonyl (C=O) groups is 4. The Bertz CT molecular complexity index is 2100. The number of aryl methyl sites for hydroxylation is 2. The number of carboxylic acid groups (broad SMARTS) is 3. The minimum Gasteiger partial charge on any atom is -0.475 e. The third-order valence-electron chi connectivity index (χ3n) is 7.83. The number of hydrogen-bond donors (Lipinski definition) is 6. The lowest BCUT2D eigenvalue weighted by Gasteiger charge is -2.31. The fourth-order valence-electron chi connectivity index (χ4n) is 5.02. The lowest BCUT2D eigenvalue weighted by molar-refractivity contribution is -0.193. The molecule has 330 valence electrons. The molecule has 1 aromatic carbocycles.